The first kappa shape index (κ1) is 23.8. The summed E-state index contributed by atoms with van der Waals surface area (Å²) in [6.07, 6.45) is 11.4. The quantitative estimate of drug-likeness (QED) is 0.347. The lowest BCUT2D eigenvalue weighted by Crippen LogP contribution is -2.36. The average molecular weight is 511 g/mol. The molecule has 5 rings (SSSR count). The summed E-state index contributed by atoms with van der Waals surface area (Å²) in [5, 5.41) is 13.7. The SMILES string of the molecule is O=C(O)c1ccc(Cl)c(-c2ccc(C=Nc3sc4c(c3C(=O)NC3CCCCC3)CCCC4)o2)c1. The number of fused-ring (bicyclic) bond motifs is 1. The van der Waals surface area contributed by atoms with Crippen molar-refractivity contribution in [2.24, 2.45) is 4.99 Å². The maximum absolute atomic E-state index is 13.3. The van der Waals surface area contributed by atoms with E-state index in [0.29, 0.717) is 27.1 Å². The number of furan rings is 1. The second kappa shape index (κ2) is 10.4. The van der Waals surface area contributed by atoms with Crippen molar-refractivity contribution in [1.29, 1.82) is 0 Å². The van der Waals surface area contributed by atoms with Gasteiger partial charge in [0.05, 0.1) is 22.4 Å². The Hall–Kier alpha value is -2.90. The third-order valence-electron chi connectivity index (χ3n) is 6.73. The van der Waals surface area contributed by atoms with Gasteiger partial charge in [-0.3, -0.25) is 4.79 Å². The number of carbonyl (C=O) groups excluding carboxylic acids is 1. The number of carboxylic acid groups (broad SMARTS) is 1. The molecular weight excluding hydrogens is 484 g/mol. The van der Waals surface area contributed by atoms with Crippen LogP contribution in [-0.4, -0.2) is 29.2 Å². The first-order valence-electron chi connectivity index (χ1n) is 12.1. The normalized spacial score (nSPS) is 16.4. The molecule has 0 spiro atoms. The number of halogens is 1. The van der Waals surface area contributed by atoms with E-state index in [1.165, 1.54) is 23.4 Å². The number of amides is 1. The molecule has 1 saturated carbocycles. The van der Waals surface area contributed by atoms with Gasteiger partial charge in [0.2, 0.25) is 0 Å². The smallest absolute Gasteiger partial charge is 0.335 e. The van der Waals surface area contributed by atoms with Crippen molar-refractivity contribution in [3.8, 4) is 11.3 Å². The van der Waals surface area contributed by atoms with E-state index >= 15 is 0 Å². The Morgan fingerprint density at radius 3 is 2.69 bits per heavy atom. The van der Waals surface area contributed by atoms with Gasteiger partial charge in [-0.15, -0.1) is 11.3 Å². The number of nitrogens with zero attached hydrogens (tertiary/aromatic N) is 1. The third-order valence-corrected chi connectivity index (χ3v) is 8.26. The fourth-order valence-corrected chi connectivity index (χ4v) is 6.36. The van der Waals surface area contributed by atoms with Crippen molar-refractivity contribution in [2.75, 3.05) is 0 Å². The molecule has 0 radical (unpaired) electrons. The van der Waals surface area contributed by atoms with Crippen LogP contribution in [0.2, 0.25) is 5.02 Å². The van der Waals surface area contributed by atoms with Gasteiger partial charge in [0.15, 0.2) is 0 Å². The van der Waals surface area contributed by atoms with Crippen molar-refractivity contribution in [2.45, 2.75) is 63.8 Å². The Morgan fingerprint density at radius 1 is 1.09 bits per heavy atom. The molecule has 35 heavy (non-hydrogen) atoms. The van der Waals surface area contributed by atoms with E-state index < -0.39 is 5.97 Å². The van der Waals surface area contributed by atoms with Crippen LogP contribution >= 0.6 is 22.9 Å². The van der Waals surface area contributed by atoms with Crippen molar-refractivity contribution in [3.05, 3.63) is 62.7 Å². The van der Waals surface area contributed by atoms with Gasteiger partial charge in [-0.25, -0.2) is 9.79 Å². The maximum Gasteiger partial charge on any atom is 0.335 e. The molecule has 2 heterocycles. The minimum absolute atomic E-state index is 0.0131. The molecule has 0 unspecified atom stereocenters. The summed E-state index contributed by atoms with van der Waals surface area (Å²) in [7, 11) is 0. The minimum Gasteiger partial charge on any atom is -0.478 e. The van der Waals surface area contributed by atoms with Crippen LogP contribution < -0.4 is 5.32 Å². The Bertz CT molecular complexity index is 1290. The number of aliphatic imine (C=N–C) groups is 1. The molecule has 2 N–H and O–H groups in total. The van der Waals surface area contributed by atoms with Crippen LogP contribution in [-0.2, 0) is 12.8 Å². The molecule has 8 heteroatoms. The molecule has 0 saturated heterocycles. The summed E-state index contributed by atoms with van der Waals surface area (Å²) >= 11 is 7.88. The van der Waals surface area contributed by atoms with Gasteiger partial charge in [0.1, 0.15) is 16.5 Å². The summed E-state index contributed by atoms with van der Waals surface area (Å²) in [5.41, 5.74) is 2.51. The first-order valence-corrected chi connectivity index (χ1v) is 13.3. The number of benzene rings is 1. The molecule has 0 aliphatic heterocycles. The molecule has 182 valence electrons. The van der Waals surface area contributed by atoms with E-state index in [-0.39, 0.29) is 17.5 Å². The molecule has 3 aromatic rings. The lowest BCUT2D eigenvalue weighted by Gasteiger charge is -2.23. The zero-order chi connectivity index (χ0) is 24.4. The number of aromatic carboxylic acids is 1. The van der Waals surface area contributed by atoms with E-state index in [1.54, 1.807) is 35.8 Å². The Balaban J connectivity index is 1.41. The molecule has 2 aliphatic carbocycles. The number of hydrogen-bond acceptors (Lipinski definition) is 5. The van der Waals surface area contributed by atoms with Crippen LogP contribution in [0.3, 0.4) is 0 Å². The van der Waals surface area contributed by atoms with E-state index in [2.05, 4.69) is 10.3 Å². The topological polar surface area (TPSA) is 91.9 Å². The van der Waals surface area contributed by atoms with Gasteiger partial charge in [0.25, 0.3) is 5.91 Å². The molecule has 2 aromatic heterocycles. The van der Waals surface area contributed by atoms with Gasteiger partial charge in [-0.2, -0.15) is 0 Å². The van der Waals surface area contributed by atoms with E-state index in [4.69, 9.17) is 16.0 Å². The predicted octanol–water partition coefficient (Wildman–Crippen LogP) is 7.05. The molecule has 6 nitrogen and oxygen atoms in total. The van der Waals surface area contributed by atoms with Gasteiger partial charge in [-0.05, 0) is 74.4 Å². The van der Waals surface area contributed by atoms with Gasteiger partial charge < -0.3 is 14.8 Å². The summed E-state index contributed by atoms with van der Waals surface area (Å²) < 4.78 is 5.91. The highest BCUT2D eigenvalue weighted by molar-refractivity contribution is 7.16. The third kappa shape index (κ3) is 5.21. The summed E-state index contributed by atoms with van der Waals surface area (Å²) in [6, 6.07) is 8.24. The maximum atomic E-state index is 13.3. The van der Waals surface area contributed by atoms with Crippen molar-refractivity contribution in [3.63, 3.8) is 0 Å². The highest BCUT2D eigenvalue weighted by atomic mass is 35.5. The Morgan fingerprint density at radius 2 is 1.89 bits per heavy atom. The number of carbonyl (C=O) groups is 2. The van der Waals surface area contributed by atoms with Crippen LogP contribution in [0.1, 0.15) is 81.9 Å². The number of hydrogen-bond donors (Lipinski definition) is 2. The minimum atomic E-state index is -1.03. The number of carboxylic acids is 1. The molecule has 2 aliphatic rings. The zero-order valence-electron chi connectivity index (χ0n) is 19.3. The van der Waals surface area contributed by atoms with Crippen LogP contribution in [0.15, 0.2) is 39.7 Å². The second-order valence-corrected chi connectivity index (χ2v) is 10.7. The summed E-state index contributed by atoms with van der Waals surface area (Å²) in [4.78, 5) is 30.6. The zero-order valence-corrected chi connectivity index (χ0v) is 20.9. The number of thiophene rings is 1. The lowest BCUT2D eigenvalue weighted by molar-refractivity contribution is 0.0696. The first-order chi connectivity index (χ1) is 17.0. The molecular formula is C27H27ClN2O4S. The number of aryl methyl sites for hydroxylation is 1. The second-order valence-electron chi connectivity index (χ2n) is 9.16. The van der Waals surface area contributed by atoms with Crippen LogP contribution in [0.5, 0.6) is 0 Å². The van der Waals surface area contributed by atoms with Gasteiger partial charge >= 0.3 is 5.97 Å². The highest BCUT2D eigenvalue weighted by Crippen LogP contribution is 2.40. The standard InChI is InChI=1S/C27H27ClN2O4S/c28-21-12-10-16(27(32)33)14-20(21)22-13-11-18(34-22)15-29-26-24(19-8-4-5-9-23(19)35-26)25(31)30-17-6-2-1-3-7-17/h10-15,17H,1-9H2,(H,30,31)(H,32,33). The summed E-state index contributed by atoms with van der Waals surface area (Å²) in [6.45, 7) is 0. The van der Waals surface area contributed by atoms with Gasteiger partial charge in [0, 0.05) is 16.5 Å². The van der Waals surface area contributed by atoms with Crippen molar-refractivity contribution >= 4 is 46.0 Å². The van der Waals surface area contributed by atoms with Crippen molar-refractivity contribution < 1.29 is 19.1 Å². The Labute approximate surface area is 213 Å². The molecule has 0 bridgehead atoms. The van der Waals surface area contributed by atoms with Crippen LogP contribution in [0.25, 0.3) is 11.3 Å². The lowest BCUT2D eigenvalue weighted by atomic mass is 9.93. The number of rotatable bonds is 6. The van der Waals surface area contributed by atoms with Crippen molar-refractivity contribution in [1.82, 2.24) is 5.32 Å². The fraction of sp³-hybridized carbons (Fsp3) is 0.370. The Kier molecular flexibility index (Phi) is 7.07. The predicted molar refractivity (Wildman–Crippen MR) is 139 cm³/mol. The monoisotopic (exact) mass is 510 g/mol. The highest BCUT2D eigenvalue weighted by Gasteiger charge is 2.27. The molecule has 0 atom stereocenters. The van der Waals surface area contributed by atoms with E-state index in [9.17, 15) is 14.7 Å². The number of nitrogens with one attached hydrogen (secondary N) is 1. The molecule has 1 fully saturated rings. The van der Waals surface area contributed by atoms with Crippen LogP contribution in [0.4, 0.5) is 5.00 Å². The largest absolute Gasteiger partial charge is 0.478 e. The average Bonchev–Trinajstić information content (AvgIpc) is 3.48. The van der Waals surface area contributed by atoms with Crippen LogP contribution in [0, 0.1) is 0 Å². The summed E-state index contributed by atoms with van der Waals surface area (Å²) in [5.74, 6) is -0.0834. The van der Waals surface area contributed by atoms with E-state index in [1.807, 2.05) is 0 Å². The fourth-order valence-electron chi connectivity index (χ4n) is 4.92. The van der Waals surface area contributed by atoms with E-state index in [0.717, 1.165) is 62.5 Å². The molecule has 1 amide bonds. The van der Waals surface area contributed by atoms with Gasteiger partial charge in [-0.1, -0.05) is 30.9 Å². The molecule has 1 aromatic carbocycles.